The van der Waals surface area contributed by atoms with Crippen molar-refractivity contribution in [3.8, 4) is 0 Å². The van der Waals surface area contributed by atoms with Crippen molar-refractivity contribution < 1.29 is 31.1 Å². The van der Waals surface area contributed by atoms with E-state index in [1.165, 1.54) is 28.6 Å². The summed E-state index contributed by atoms with van der Waals surface area (Å²) in [4.78, 5) is 15.0. The first-order valence-corrected chi connectivity index (χ1v) is 12.6. The monoisotopic (exact) mass is 497 g/mol. The van der Waals surface area contributed by atoms with Crippen LogP contribution in [0, 0.1) is 0 Å². The number of sulfonamides is 1. The molecule has 0 atom stereocenters. The van der Waals surface area contributed by atoms with Crippen molar-refractivity contribution in [3.63, 3.8) is 0 Å². The van der Waals surface area contributed by atoms with Crippen molar-refractivity contribution in [1.29, 1.82) is 0 Å². The lowest BCUT2D eigenvalue weighted by molar-refractivity contribution is -0.137. The molecule has 0 radical (unpaired) electrons. The molecule has 4 rings (SSSR count). The van der Waals surface area contributed by atoms with E-state index in [0.29, 0.717) is 18.8 Å². The molecule has 2 saturated heterocycles. The molecule has 2 aliphatic heterocycles. The first-order valence-electron chi connectivity index (χ1n) is 11.1. The largest absolute Gasteiger partial charge is 0.417 e. The van der Waals surface area contributed by atoms with E-state index in [-0.39, 0.29) is 36.9 Å². The molecule has 0 aromatic heterocycles. The van der Waals surface area contributed by atoms with Gasteiger partial charge in [-0.1, -0.05) is 12.1 Å². The summed E-state index contributed by atoms with van der Waals surface area (Å²) in [5, 5.41) is 2.56. The maximum absolute atomic E-state index is 13.5. The average molecular weight is 498 g/mol. The van der Waals surface area contributed by atoms with Gasteiger partial charge in [0.2, 0.25) is 10.0 Å². The van der Waals surface area contributed by atoms with Crippen molar-refractivity contribution in [2.24, 2.45) is 0 Å². The van der Waals surface area contributed by atoms with E-state index >= 15 is 0 Å². The van der Waals surface area contributed by atoms with E-state index in [9.17, 15) is 26.4 Å². The highest BCUT2D eigenvalue weighted by molar-refractivity contribution is 7.89. The summed E-state index contributed by atoms with van der Waals surface area (Å²) in [5.41, 5.74) is -0.832. The van der Waals surface area contributed by atoms with E-state index < -0.39 is 33.2 Å². The highest BCUT2D eigenvalue weighted by Crippen LogP contribution is 2.35. The van der Waals surface area contributed by atoms with Crippen molar-refractivity contribution in [2.45, 2.75) is 30.3 Å². The molecular formula is C23H26F3N3O4S. The lowest BCUT2D eigenvalue weighted by Crippen LogP contribution is -2.40. The predicted octanol–water partition coefficient (Wildman–Crippen LogP) is 3.97. The van der Waals surface area contributed by atoms with Crippen LogP contribution in [0.4, 0.5) is 24.5 Å². The number of benzene rings is 2. The van der Waals surface area contributed by atoms with Crippen LogP contribution < -0.4 is 10.2 Å². The fourth-order valence-corrected chi connectivity index (χ4v) is 5.68. The zero-order valence-electron chi connectivity index (χ0n) is 18.5. The predicted molar refractivity (Wildman–Crippen MR) is 121 cm³/mol. The first-order chi connectivity index (χ1) is 16.2. The summed E-state index contributed by atoms with van der Waals surface area (Å²) in [6, 6.07) is 8.96. The van der Waals surface area contributed by atoms with E-state index in [1.807, 2.05) is 4.90 Å². The van der Waals surface area contributed by atoms with Crippen LogP contribution in [-0.2, 0) is 20.9 Å². The number of carbonyl (C=O) groups is 1. The molecule has 2 aromatic carbocycles. The minimum Gasteiger partial charge on any atom is -0.379 e. The molecule has 2 aliphatic rings. The fraction of sp³-hybridized carbons (Fsp3) is 0.435. The van der Waals surface area contributed by atoms with Crippen LogP contribution in [-0.4, -0.2) is 58.0 Å². The number of rotatable bonds is 5. The van der Waals surface area contributed by atoms with Crippen molar-refractivity contribution >= 4 is 27.3 Å². The molecule has 2 aromatic rings. The number of hydrogen-bond acceptors (Lipinski definition) is 5. The average Bonchev–Trinajstić information content (AvgIpc) is 2.84. The normalized spacial score (nSPS) is 18.0. The van der Waals surface area contributed by atoms with Gasteiger partial charge in [0, 0.05) is 26.2 Å². The Kier molecular flexibility index (Phi) is 7.15. The summed E-state index contributed by atoms with van der Waals surface area (Å²) in [7, 11) is -3.86. The summed E-state index contributed by atoms with van der Waals surface area (Å²) in [6.45, 7) is 2.38. The number of carbonyl (C=O) groups excluding carboxylic acids is 1. The molecule has 0 unspecified atom stereocenters. The highest BCUT2D eigenvalue weighted by atomic mass is 32.2. The quantitative estimate of drug-likeness (QED) is 0.677. The fourth-order valence-electron chi connectivity index (χ4n) is 4.24. The zero-order valence-corrected chi connectivity index (χ0v) is 19.3. The van der Waals surface area contributed by atoms with Crippen LogP contribution in [0.25, 0.3) is 0 Å². The molecule has 184 valence electrons. The Hall–Kier alpha value is -2.63. The van der Waals surface area contributed by atoms with Gasteiger partial charge in [-0.05, 0) is 49.6 Å². The molecule has 34 heavy (non-hydrogen) atoms. The van der Waals surface area contributed by atoms with Gasteiger partial charge in [0.1, 0.15) is 0 Å². The van der Waals surface area contributed by atoms with Crippen LogP contribution in [0.1, 0.15) is 35.2 Å². The number of alkyl halides is 3. The Morgan fingerprint density at radius 3 is 2.29 bits per heavy atom. The van der Waals surface area contributed by atoms with E-state index in [1.54, 1.807) is 6.07 Å². The third-order valence-electron chi connectivity index (χ3n) is 6.00. The summed E-state index contributed by atoms with van der Waals surface area (Å²) >= 11 is 0. The Bertz CT molecular complexity index is 1140. The van der Waals surface area contributed by atoms with Gasteiger partial charge in [0.15, 0.2) is 0 Å². The Morgan fingerprint density at radius 1 is 0.941 bits per heavy atom. The second-order valence-electron chi connectivity index (χ2n) is 8.24. The van der Waals surface area contributed by atoms with Crippen molar-refractivity contribution in [3.05, 3.63) is 53.6 Å². The number of hydrogen-bond donors (Lipinski definition) is 1. The Morgan fingerprint density at radius 2 is 1.62 bits per heavy atom. The molecule has 2 fully saturated rings. The number of nitrogens with zero attached hydrogens (tertiary/aromatic N) is 2. The van der Waals surface area contributed by atoms with Crippen LogP contribution >= 0.6 is 0 Å². The standard InChI is InChI=1S/C23H26F3N3O4S/c24-23(25,26)19-7-3-2-6-18(19)22(30)27-20-16-17(34(31,32)29-12-14-33-15-13-29)8-9-21(20)28-10-4-1-5-11-28/h2-3,6-9,16H,1,4-5,10-15H2,(H,27,30). The van der Waals surface area contributed by atoms with Gasteiger partial charge in [-0.25, -0.2) is 8.42 Å². The number of morpholine rings is 1. The number of nitrogens with one attached hydrogen (secondary N) is 1. The molecule has 7 nitrogen and oxygen atoms in total. The third kappa shape index (κ3) is 5.21. The molecule has 0 bridgehead atoms. The minimum atomic E-state index is -4.70. The van der Waals surface area contributed by atoms with Gasteiger partial charge in [-0.15, -0.1) is 0 Å². The number of piperidine rings is 1. The lowest BCUT2D eigenvalue weighted by Gasteiger charge is -2.31. The highest BCUT2D eigenvalue weighted by Gasteiger charge is 2.35. The molecular weight excluding hydrogens is 471 g/mol. The molecule has 0 aliphatic carbocycles. The van der Waals surface area contributed by atoms with Crippen LogP contribution in [0.2, 0.25) is 0 Å². The lowest BCUT2D eigenvalue weighted by atomic mass is 10.1. The second-order valence-corrected chi connectivity index (χ2v) is 10.2. The molecule has 1 N–H and O–H groups in total. The molecule has 0 spiro atoms. The first kappa shape index (κ1) is 24.5. The number of ether oxygens (including phenoxy) is 1. The van der Waals surface area contributed by atoms with E-state index in [2.05, 4.69) is 5.32 Å². The van der Waals surface area contributed by atoms with Gasteiger partial charge in [0.25, 0.3) is 5.91 Å². The van der Waals surface area contributed by atoms with Crippen LogP contribution in [0.5, 0.6) is 0 Å². The van der Waals surface area contributed by atoms with Crippen LogP contribution in [0.3, 0.4) is 0 Å². The SMILES string of the molecule is O=C(Nc1cc(S(=O)(=O)N2CCOCC2)ccc1N1CCCCC1)c1ccccc1C(F)(F)F. The zero-order chi connectivity index (χ0) is 24.3. The van der Waals surface area contributed by atoms with Crippen molar-refractivity contribution in [1.82, 2.24) is 4.31 Å². The smallest absolute Gasteiger partial charge is 0.379 e. The molecule has 0 saturated carbocycles. The van der Waals surface area contributed by atoms with Gasteiger partial charge in [-0.2, -0.15) is 17.5 Å². The van der Waals surface area contributed by atoms with Gasteiger partial charge >= 0.3 is 6.18 Å². The van der Waals surface area contributed by atoms with E-state index in [4.69, 9.17) is 4.74 Å². The molecule has 11 heteroatoms. The Labute approximate surface area is 196 Å². The number of amides is 1. The summed E-state index contributed by atoms with van der Waals surface area (Å²) in [5.74, 6) is -0.952. The third-order valence-corrected chi connectivity index (χ3v) is 7.89. The molecule has 1 amide bonds. The number of anilines is 2. The summed E-state index contributed by atoms with van der Waals surface area (Å²) < 4.78 is 73.2. The minimum absolute atomic E-state index is 0.0328. The van der Waals surface area contributed by atoms with Gasteiger partial charge in [0.05, 0.1) is 40.6 Å². The maximum atomic E-state index is 13.5. The molecule has 2 heterocycles. The van der Waals surface area contributed by atoms with Crippen molar-refractivity contribution in [2.75, 3.05) is 49.6 Å². The number of halogens is 3. The summed E-state index contributed by atoms with van der Waals surface area (Å²) in [6.07, 6.45) is -1.79. The Balaban J connectivity index is 1.72. The second kappa shape index (κ2) is 9.93. The topological polar surface area (TPSA) is 79.0 Å². The maximum Gasteiger partial charge on any atom is 0.417 e. The van der Waals surface area contributed by atoms with Gasteiger partial charge in [-0.3, -0.25) is 4.79 Å². The van der Waals surface area contributed by atoms with Crippen LogP contribution in [0.15, 0.2) is 47.4 Å². The van der Waals surface area contributed by atoms with Gasteiger partial charge < -0.3 is 15.0 Å². The van der Waals surface area contributed by atoms with E-state index in [0.717, 1.165) is 31.4 Å².